The third-order valence-electron chi connectivity index (χ3n) is 3.01. The molecule has 1 aliphatic rings. The quantitative estimate of drug-likeness (QED) is 0.834. The molecule has 0 unspecified atom stereocenters. The van der Waals surface area contributed by atoms with E-state index >= 15 is 0 Å². The fourth-order valence-electron chi connectivity index (χ4n) is 1.90. The molecule has 1 aromatic rings. The number of nitrogens with two attached hydrogens (primary N) is 1. The highest BCUT2D eigenvalue weighted by Gasteiger charge is 2.50. The average Bonchev–Trinajstić information content (AvgIpc) is 3.08. The maximum absolute atomic E-state index is 12.0. The number of carbonyl (C=O) groups is 1. The number of halogens is 1. The van der Waals surface area contributed by atoms with Gasteiger partial charge in [0, 0.05) is 18.1 Å². The zero-order valence-corrected chi connectivity index (χ0v) is 9.76. The molecule has 1 fully saturated rings. The molecule has 4 heteroatoms. The van der Waals surface area contributed by atoms with E-state index < -0.39 is 0 Å². The molecule has 0 aliphatic heterocycles. The molecule has 0 atom stereocenters. The number of amides is 1. The van der Waals surface area contributed by atoms with Crippen molar-refractivity contribution in [2.45, 2.75) is 18.3 Å². The van der Waals surface area contributed by atoms with E-state index in [2.05, 4.69) is 5.32 Å². The SMILES string of the molecule is NCCNC(=O)C1(c2ccc(Cl)cc2)CC1. The Morgan fingerprint density at radius 1 is 1.38 bits per heavy atom. The Bertz CT molecular complexity index is 385. The first kappa shape index (κ1) is 11.4. The standard InChI is InChI=1S/C12H15ClN2O/c13-10-3-1-9(2-4-10)12(5-6-12)11(16)15-8-7-14/h1-4H,5-8,14H2,(H,15,16). The molecular formula is C12H15ClN2O. The molecule has 0 bridgehead atoms. The van der Waals surface area contributed by atoms with Gasteiger partial charge in [-0.25, -0.2) is 0 Å². The molecule has 0 aromatic heterocycles. The number of nitrogens with one attached hydrogen (secondary N) is 1. The summed E-state index contributed by atoms with van der Waals surface area (Å²) in [5.41, 5.74) is 6.09. The predicted octanol–water partition coefficient (Wildman–Crippen LogP) is 1.45. The van der Waals surface area contributed by atoms with Crippen molar-refractivity contribution in [1.82, 2.24) is 5.32 Å². The van der Waals surface area contributed by atoms with Crippen LogP contribution in [0.3, 0.4) is 0 Å². The van der Waals surface area contributed by atoms with Crippen molar-refractivity contribution in [3.05, 3.63) is 34.9 Å². The van der Waals surface area contributed by atoms with Crippen LogP contribution in [-0.4, -0.2) is 19.0 Å². The summed E-state index contributed by atoms with van der Waals surface area (Å²) in [6, 6.07) is 7.51. The Balaban J connectivity index is 2.13. The lowest BCUT2D eigenvalue weighted by Gasteiger charge is -2.15. The van der Waals surface area contributed by atoms with E-state index in [0.717, 1.165) is 18.4 Å². The molecule has 1 amide bonds. The maximum Gasteiger partial charge on any atom is 0.230 e. The van der Waals surface area contributed by atoms with Gasteiger partial charge in [-0.15, -0.1) is 0 Å². The molecule has 1 aliphatic carbocycles. The third-order valence-corrected chi connectivity index (χ3v) is 3.26. The highest BCUT2D eigenvalue weighted by Crippen LogP contribution is 2.48. The van der Waals surface area contributed by atoms with Gasteiger partial charge < -0.3 is 11.1 Å². The van der Waals surface area contributed by atoms with Crippen molar-refractivity contribution in [3.63, 3.8) is 0 Å². The molecule has 3 nitrogen and oxygen atoms in total. The first-order valence-corrected chi connectivity index (χ1v) is 5.81. The molecule has 0 spiro atoms. The number of benzene rings is 1. The van der Waals surface area contributed by atoms with Crippen molar-refractivity contribution >= 4 is 17.5 Å². The van der Waals surface area contributed by atoms with Crippen LogP contribution in [0.1, 0.15) is 18.4 Å². The lowest BCUT2D eigenvalue weighted by atomic mass is 9.95. The van der Waals surface area contributed by atoms with E-state index in [4.69, 9.17) is 17.3 Å². The Hall–Kier alpha value is -1.06. The van der Waals surface area contributed by atoms with Gasteiger partial charge in [-0.2, -0.15) is 0 Å². The van der Waals surface area contributed by atoms with E-state index in [-0.39, 0.29) is 11.3 Å². The topological polar surface area (TPSA) is 55.1 Å². The summed E-state index contributed by atoms with van der Waals surface area (Å²) in [6.45, 7) is 1.01. The number of carbonyl (C=O) groups excluding carboxylic acids is 1. The number of hydrogen-bond acceptors (Lipinski definition) is 2. The Labute approximate surface area is 100.0 Å². The lowest BCUT2D eigenvalue weighted by Crippen LogP contribution is -2.37. The summed E-state index contributed by atoms with van der Waals surface area (Å²) in [5.74, 6) is 0.0836. The summed E-state index contributed by atoms with van der Waals surface area (Å²) in [6.07, 6.45) is 1.82. The Kier molecular flexibility index (Phi) is 3.17. The van der Waals surface area contributed by atoms with Crippen LogP contribution in [-0.2, 0) is 10.2 Å². The highest BCUT2D eigenvalue weighted by atomic mass is 35.5. The van der Waals surface area contributed by atoms with E-state index in [0.29, 0.717) is 18.1 Å². The van der Waals surface area contributed by atoms with E-state index in [9.17, 15) is 4.79 Å². The van der Waals surface area contributed by atoms with Crippen LogP contribution >= 0.6 is 11.6 Å². The van der Waals surface area contributed by atoms with Crippen molar-refractivity contribution in [2.75, 3.05) is 13.1 Å². The molecule has 16 heavy (non-hydrogen) atoms. The second-order valence-corrected chi connectivity index (χ2v) is 4.57. The summed E-state index contributed by atoms with van der Waals surface area (Å²) in [7, 11) is 0. The summed E-state index contributed by atoms with van der Waals surface area (Å²) in [4.78, 5) is 12.0. The first-order chi connectivity index (χ1) is 7.69. The molecule has 3 N–H and O–H groups in total. The van der Waals surface area contributed by atoms with Crippen LogP contribution in [0.5, 0.6) is 0 Å². The minimum Gasteiger partial charge on any atom is -0.354 e. The van der Waals surface area contributed by atoms with Gasteiger partial charge >= 0.3 is 0 Å². The normalized spacial score (nSPS) is 16.9. The monoisotopic (exact) mass is 238 g/mol. The average molecular weight is 239 g/mol. The van der Waals surface area contributed by atoms with Gasteiger partial charge in [-0.05, 0) is 30.5 Å². The van der Waals surface area contributed by atoms with E-state index in [1.165, 1.54) is 0 Å². The van der Waals surface area contributed by atoms with Gasteiger partial charge in [-0.1, -0.05) is 23.7 Å². The van der Waals surface area contributed by atoms with Crippen LogP contribution in [0.4, 0.5) is 0 Å². The fourth-order valence-corrected chi connectivity index (χ4v) is 2.02. The van der Waals surface area contributed by atoms with Gasteiger partial charge in [0.2, 0.25) is 5.91 Å². The van der Waals surface area contributed by atoms with Gasteiger partial charge in [0.05, 0.1) is 5.41 Å². The zero-order valence-electron chi connectivity index (χ0n) is 9.00. The summed E-state index contributed by atoms with van der Waals surface area (Å²) < 4.78 is 0. The molecule has 0 heterocycles. The van der Waals surface area contributed by atoms with Gasteiger partial charge in [0.15, 0.2) is 0 Å². The van der Waals surface area contributed by atoms with Crippen LogP contribution in [0, 0.1) is 0 Å². The molecule has 86 valence electrons. The molecule has 1 aromatic carbocycles. The minimum absolute atomic E-state index is 0.0836. The third kappa shape index (κ3) is 2.06. The lowest BCUT2D eigenvalue weighted by molar-refractivity contribution is -0.123. The highest BCUT2D eigenvalue weighted by molar-refractivity contribution is 6.30. The van der Waals surface area contributed by atoms with Crippen LogP contribution in [0.2, 0.25) is 5.02 Å². The van der Waals surface area contributed by atoms with Gasteiger partial charge in [-0.3, -0.25) is 4.79 Å². The molecular weight excluding hydrogens is 224 g/mol. The minimum atomic E-state index is -0.320. The summed E-state index contributed by atoms with van der Waals surface area (Å²) >= 11 is 5.83. The summed E-state index contributed by atoms with van der Waals surface area (Å²) in [5, 5.41) is 3.55. The number of hydrogen-bond donors (Lipinski definition) is 2. The van der Waals surface area contributed by atoms with E-state index in [1.807, 2.05) is 24.3 Å². The predicted molar refractivity (Wildman–Crippen MR) is 64.4 cm³/mol. The molecule has 0 saturated heterocycles. The van der Waals surface area contributed by atoms with Crippen LogP contribution in [0.15, 0.2) is 24.3 Å². The molecule has 2 rings (SSSR count). The van der Waals surface area contributed by atoms with Crippen molar-refractivity contribution in [2.24, 2.45) is 5.73 Å². The van der Waals surface area contributed by atoms with Crippen LogP contribution in [0.25, 0.3) is 0 Å². The Morgan fingerprint density at radius 2 is 2.00 bits per heavy atom. The van der Waals surface area contributed by atoms with Crippen LogP contribution < -0.4 is 11.1 Å². The smallest absolute Gasteiger partial charge is 0.230 e. The first-order valence-electron chi connectivity index (χ1n) is 5.43. The van der Waals surface area contributed by atoms with Gasteiger partial charge in [0.1, 0.15) is 0 Å². The number of rotatable bonds is 4. The fraction of sp³-hybridized carbons (Fsp3) is 0.417. The zero-order chi connectivity index (χ0) is 11.6. The van der Waals surface area contributed by atoms with Gasteiger partial charge in [0.25, 0.3) is 0 Å². The second-order valence-electron chi connectivity index (χ2n) is 4.13. The van der Waals surface area contributed by atoms with Crippen molar-refractivity contribution in [3.8, 4) is 0 Å². The van der Waals surface area contributed by atoms with E-state index in [1.54, 1.807) is 0 Å². The maximum atomic E-state index is 12.0. The van der Waals surface area contributed by atoms with Crippen molar-refractivity contribution in [1.29, 1.82) is 0 Å². The second kappa shape index (κ2) is 4.44. The molecule has 0 radical (unpaired) electrons. The largest absolute Gasteiger partial charge is 0.354 e. The van der Waals surface area contributed by atoms with Crippen molar-refractivity contribution < 1.29 is 4.79 Å². The Morgan fingerprint density at radius 3 is 2.50 bits per heavy atom. The molecule has 1 saturated carbocycles.